The summed E-state index contributed by atoms with van der Waals surface area (Å²) in [5.74, 6) is 0.243. The fourth-order valence-electron chi connectivity index (χ4n) is 1.84. The molecule has 1 aliphatic heterocycles. The standard InChI is InChI=1S/C13H15NO/c1-2-11-8-13(15)14(9-11)10-12-6-4-3-5-7-12/h2-7H,8-10H2,1H3/b11-2-. The zero-order valence-corrected chi connectivity index (χ0v) is 8.94. The summed E-state index contributed by atoms with van der Waals surface area (Å²) in [6.07, 6.45) is 2.65. The minimum absolute atomic E-state index is 0.243. The molecule has 0 aliphatic carbocycles. The van der Waals surface area contributed by atoms with Crippen LogP contribution in [0.4, 0.5) is 0 Å². The van der Waals surface area contributed by atoms with Crippen molar-refractivity contribution in [3.05, 3.63) is 47.5 Å². The summed E-state index contributed by atoms with van der Waals surface area (Å²) in [6, 6.07) is 10.1. The van der Waals surface area contributed by atoms with Crippen molar-refractivity contribution < 1.29 is 4.79 Å². The van der Waals surface area contributed by atoms with Crippen molar-refractivity contribution in [2.45, 2.75) is 19.9 Å². The largest absolute Gasteiger partial charge is 0.334 e. The first kappa shape index (κ1) is 9.97. The van der Waals surface area contributed by atoms with Crippen LogP contribution >= 0.6 is 0 Å². The second-order valence-electron chi connectivity index (χ2n) is 3.86. The third kappa shape index (κ3) is 2.27. The van der Waals surface area contributed by atoms with Gasteiger partial charge in [0.2, 0.25) is 5.91 Å². The van der Waals surface area contributed by atoms with Gasteiger partial charge < -0.3 is 4.90 Å². The molecule has 0 aromatic heterocycles. The van der Waals surface area contributed by atoms with Crippen LogP contribution in [0, 0.1) is 0 Å². The molecule has 1 heterocycles. The summed E-state index contributed by atoms with van der Waals surface area (Å²) in [7, 11) is 0. The van der Waals surface area contributed by atoms with Gasteiger partial charge in [-0.1, -0.05) is 36.4 Å². The second kappa shape index (κ2) is 4.30. The van der Waals surface area contributed by atoms with Crippen LogP contribution in [0.15, 0.2) is 42.0 Å². The van der Waals surface area contributed by atoms with Crippen molar-refractivity contribution in [3.63, 3.8) is 0 Å². The molecule has 0 spiro atoms. The van der Waals surface area contributed by atoms with Crippen molar-refractivity contribution in [3.8, 4) is 0 Å². The molecule has 0 radical (unpaired) electrons. The Bertz CT molecular complexity index is 381. The van der Waals surface area contributed by atoms with Crippen LogP contribution in [0.5, 0.6) is 0 Å². The average molecular weight is 201 g/mol. The second-order valence-corrected chi connectivity index (χ2v) is 3.86. The normalized spacial score (nSPS) is 18.9. The smallest absolute Gasteiger partial charge is 0.227 e. The number of carbonyl (C=O) groups excluding carboxylic acids is 1. The van der Waals surface area contributed by atoms with Crippen LogP contribution in [0.3, 0.4) is 0 Å². The number of hydrogen-bond donors (Lipinski definition) is 0. The third-order valence-corrected chi connectivity index (χ3v) is 2.75. The van der Waals surface area contributed by atoms with E-state index in [-0.39, 0.29) is 5.91 Å². The highest BCUT2D eigenvalue weighted by atomic mass is 16.2. The molecule has 78 valence electrons. The molecule has 15 heavy (non-hydrogen) atoms. The van der Waals surface area contributed by atoms with E-state index in [0.29, 0.717) is 6.42 Å². The van der Waals surface area contributed by atoms with Crippen LogP contribution in [0.25, 0.3) is 0 Å². The fraction of sp³-hybridized carbons (Fsp3) is 0.308. The number of benzene rings is 1. The molecule has 0 saturated carbocycles. The van der Waals surface area contributed by atoms with Gasteiger partial charge in [-0.2, -0.15) is 0 Å². The van der Waals surface area contributed by atoms with Gasteiger partial charge in [-0.05, 0) is 18.1 Å². The summed E-state index contributed by atoms with van der Waals surface area (Å²) in [6.45, 7) is 3.52. The van der Waals surface area contributed by atoms with Gasteiger partial charge in [0.05, 0.1) is 0 Å². The highest BCUT2D eigenvalue weighted by Crippen LogP contribution is 2.18. The fourth-order valence-corrected chi connectivity index (χ4v) is 1.84. The summed E-state index contributed by atoms with van der Waals surface area (Å²) in [4.78, 5) is 13.5. The molecule has 2 nitrogen and oxygen atoms in total. The minimum Gasteiger partial charge on any atom is -0.334 e. The van der Waals surface area contributed by atoms with Gasteiger partial charge in [0.1, 0.15) is 0 Å². The van der Waals surface area contributed by atoms with E-state index < -0.39 is 0 Å². The highest BCUT2D eigenvalue weighted by Gasteiger charge is 2.23. The van der Waals surface area contributed by atoms with Gasteiger partial charge in [0, 0.05) is 19.5 Å². The van der Waals surface area contributed by atoms with Gasteiger partial charge in [0.15, 0.2) is 0 Å². The topological polar surface area (TPSA) is 20.3 Å². The van der Waals surface area contributed by atoms with Gasteiger partial charge >= 0.3 is 0 Å². The predicted molar refractivity (Wildman–Crippen MR) is 60.2 cm³/mol. The van der Waals surface area contributed by atoms with Crippen molar-refractivity contribution in [2.75, 3.05) is 6.54 Å². The first-order chi connectivity index (χ1) is 7.29. The first-order valence-corrected chi connectivity index (χ1v) is 5.25. The number of allylic oxidation sites excluding steroid dienone is 1. The number of rotatable bonds is 2. The van der Waals surface area contributed by atoms with E-state index in [1.54, 1.807) is 0 Å². The Morgan fingerprint density at radius 3 is 2.67 bits per heavy atom. The maximum absolute atomic E-state index is 11.6. The Labute approximate surface area is 90.2 Å². The number of amides is 1. The first-order valence-electron chi connectivity index (χ1n) is 5.25. The third-order valence-electron chi connectivity index (χ3n) is 2.75. The molecular weight excluding hydrogens is 186 g/mol. The molecule has 1 saturated heterocycles. The summed E-state index contributed by atoms with van der Waals surface area (Å²) in [5, 5.41) is 0. The minimum atomic E-state index is 0.243. The van der Waals surface area contributed by atoms with Gasteiger partial charge in [-0.25, -0.2) is 0 Å². The van der Waals surface area contributed by atoms with E-state index in [1.165, 1.54) is 11.1 Å². The lowest BCUT2D eigenvalue weighted by Crippen LogP contribution is -2.23. The Balaban J connectivity index is 2.05. The van der Waals surface area contributed by atoms with E-state index in [9.17, 15) is 4.79 Å². The number of likely N-dealkylation sites (tertiary alicyclic amines) is 1. The van der Waals surface area contributed by atoms with Gasteiger partial charge in [-0.15, -0.1) is 0 Å². The average Bonchev–Trinajstić information content (AvgIpc) is 2.61. The Hall–Kier alpha value is -1.57. The van der Waals surface area contributed by atoms with Crippen molar-refractivity contribution in [2.24, 2.45) is 0 Å². The quantitative estimate of drug-likeness (QED) is 0.673. The lowest BCUT2D eigenvalue weighted by molar-refractivity contribution is -0.128. The molecule has 1 aromatic carbocycles. The number of hydrogen-bond acceptors (Lipinski definition) is 1. The zero-order chi connectivity index (χ0) is 10.7. The zero-order valence-electron chi connectivity index (χ0n) is 8.94. The van der Waals surface area contributed by atoms with Crippen molar-refractivity contribution in [1.82, 2.24) is 4.90 Å². The lowest BCUT2D eigenvalue weighted by Gasteiger charge is -2.14. The van der Waals surface area contributed by atoms with E-state index in [2.05, 4.69) is 12.1 Å². The summed E-state index contributed by atoms with van der Waals surface area (Å²) >= 11 is 0. The lowest BCUT2D eigenvalue weighted by atomic mass is 10.2. The summed E-state index contributed by atoms with van der Waals surface area (Å²) in [5.41, 5.74) is 2.43. The molecule has 0 unspecified atom stereocenters. The molecule has 1 aliphatic rings. The van der Waals surface area contributed by atoms with Crippen LogP contribution < -0.4 is 0 Å². The molecule has 1 aromatic rings. The molecule has 0 N–H and O–H groups in total. The SMILES string of the molecule is C/C=C1/CC(=O)N(Cc2ccccc2)C1. The molecule has 2 heteroatoms. The Kier molecular flexibility index (Phi) is 2.86. The van der Waals surface area contributed by atoms with Crippen molar-refractivity contribution in [1.29, 1.82) is 0 Å². The van der Waals surface area contributed by atoms with Crippen molar-refractivity contribution >= 4 is 5.91 Å². The number of nitrogens with zero attached hydrogens (tertiary/aromatic N) is 1. The van der Waals surface area contributed by atoms with Gasteiger partial charge in [-0.3, -0.25) is 4.79 Å². The highest BCUT2D eigenvalue weighted by molar-refractivity contribution is 5.82. The maximum atomic E-state index is 11.6. The monoisotopic (exact) mass is 201 g/mol. The van der Waals surface area contributed by atoms with E-state index in [0.717, 1.165) is 13.1 Å². The molecule has 2 rings (SSSR count). The predicted octanol–water partition coefficient (Wildman–Crippen LogP) is 2.37. The molecule has 1 amide bonds. The molecular formula is C13H15NO. The summed E-state index contributed by atoms with van der Waals surface area (Å²) < 4.78 is 0. The van der Waals surface area contributed by atoms with Gasteiger partial charge in [0.25, 0.3) is 0 Å². The van der Waals surface area contributed by atoms with Crippen LogP contribution in [-0.4, -0.2) is 17.4 Å². The van der Waals surface area contributed by atoms with E-state index in [1.807, 2.05) is 36.1 Å². The van der Waals surface area contributed by atoms with Crippen LogP contribution in [0.1, 0.15) is 18.9 Å². The Morgan fingerprint density at radius 1 is 1.33 bits per heavy atom. The molecule has 1 fully saturated rings. The van der Waals surface area contributed by atoms with E-state index in [4.69, 9.17) is 0 Å². The van der Waals surface area contributed by atoms with Crippen LogP contribution in [-0.2, 0) is 11.3 Å². The molecule has 0 atom stereocenters. The molecule has 0 bridgehead atoms. The Morgan fingerprint density at radius 2 is 2.07 bits per heavy atom. The number of carbonyl (C=O) groups is 1. The van der Waals surface area contributed by atoms with E-state index >= 15 is 0 Å². The van der Waals surface area contributed by atoms with Crippen LogP contribution in [0.2, 0.25) is 0 Å². The maximum Gasteiger partial charge on any atom is 0.227 e.